The number of fused-ring (bicyclic) bond motifs is 1. The van der Waals surface area contributed by atoms with Gasteiger partial charge in [-0.2, -0.15) is 0 Å². The van der Waals surface area contributed by atoms with Gasteiger partial charge in [-0.25, -0.2) is 0 Å². The fraction of sp³-hybridized carbons (Fsp3) is 0.400. The Bertz CT molecular complexity index is 536. The van der Waals surface area contributed by atoms with E-state index in [-0.39, 0.29) is 0 Å². The number of pyridine rings is 1. The molecule has 0 saturated heterocycles. The van der Waals surface area contributed by atoms with E-state index in [0.29, 0.717) is 12.0 Å². The molecule has 1 heterocycles. The summed E-state index contributed by atoms with van der Waals surface area (Å²) in [5.74, 6) is 0.634. The van der Waals surface area contributed by atoms with E-state index in [1.54, 1.807) is 6.20 Å². The molecule has 1 aromatic heterocycles. The number of hydrogen-bond acceptors (Lipinski definition) is 3. The second kappa shape index (κ2) is 5.25. The van der Waals surface area contributed by atoms with Crippen molar-refractivity contribution in [3.63, 3.8) is 0 Å². The highest BCUT2D eigenvalue weighted by atomic mass is 14.9. The second-order valence-electron chi connectivity index (χ2n) is 4.94. The number of nitrogen functional groups attached to an aromatic ring is 1. The Morgan fingerprint density at radius 1 is 1.22 bits per heavy atom. The number of anilines is 2. The number of nitrogens with two attached hydrogens (primary N) is 1. The molecule has 2 unspecified atom stereocenters. The Morgan fingerprint density at radius 3 is 2.72 bits per heavy atom. The molecule has 18 heavy (non-hydrogen) atoms. The number of nitrogens with zero attached hydrogens (tertiary/aromatic N) is 1. The van der Waals surface area contributed by atoms with Crippen molar-refractivity contribution in [2.75, 3.05) is 11.1 Å². The molecule has 0 saturated carbocycles. The summed E-state index contributed by atoms with van der Waals surface area (Å²) in [5.41, 5.74) is 7.90. The minimum absolute atomic E-state index is 0.432. The lowest BCUT2D eigenvalue weighted by molar-refractivity contribution is 0.495. The fourth-order valence-electron chi connectivity index (χ4n) is 2.08. The van der Waals surface area contributed by atoms with Crippen molar-refractivity contribution in [3.05, 3.63) is 30.6 Å². The standard InChI is InChI=1S/C15H21N3/c1-4-10(2)11(3)18-15-6-5-14(16)12-7-8-17-9-13(12)15/h5-11,18H,4,16H2,1-3H3. The lowest BCUT2D eigenvalue weighted by Gasteiger charge is -2.22. The van der Waals surface area contributed by atoms with Crippen molar-refractivity contribution >= 4 is 22.1 Å². The number of benzene rings is 1. The molecule has 96 valence electrons. The lowest BCUT2D eigenvalue weighted by Crippen LogP contribution is -2.23. The number of hydrogen-bond donors (Lipinski definition) is 2. The predicted octanol–water partition coefficient (Wildman–Crippen LogP) is 3.66. The first-order valence-electron chi connectivity index (χ1n) is 6.52. The van der Waals surface area contributed by atoms with Crippen LogP contribution in [0.15, 0.2) is 30.6 Å². The molecule has 0 bridgehead atoms. The summed E-state index contributed by atoms with van der Waals surface area (Å²) in [5, 5.41) is 5.72. The van der Waals surface area contributed by atoms with Crippen molar-refractivity contribution in [1.82, 2.24) is 4.98 Å². The van der Waals surface area contributed by atoms with E-state index in [9.17, 15) is 0 Å². The van der Waals surface area contributed by atoms with Crippen molar-refractivity contribution in [1.29, 1.82) is 0 Å². The SMILES string of the molecule is CCC(C)C(C)Nc1ccc(N)c2ccncc12. The van der Waals surface area contributed by atoms with Gasteiger partial charge in [-0.05, 0) is 31.0 Å². The van der Waals surface area contributed by atoms with Gasteiger partial charge in [0.2, 0.25) is 0 Å². The monoisotopic (exact) mass is 243 g/mol. The molecule has 0 aliphatic carbocycles. The van der Waals surface area contributed by atoms with E-state index >= 15 is 0 Å². The van der Waals surface area contributed by atoms with Gasteiger partial charge in [0.05, 0.1) is 0 Å². The summed E-state index contributed by atoms with van der Waals surface area (Å²) < 4.78 is 0. The van der Waals surface area contributed by atoms with Crippen molar-refractivity contribution in [3.8, 4) is 0 Å². The van der Waals surface area contributed by atoms with Crippen LogP contribution in [0.5, 0.6) is 0 Å². The molecular weight excluding hydrogens is 222 g/mol. The summed E-state index contributed by atoms with van der Waals surface area (Å²) in [7, 11) is 0. The second-order valence-corrected chi connectivity index (χ2v) is 4.94. The third kappa shape index (κ3) is 2.40. The predicted molar refractivity (Wildman–Crippen MR) is 78.7 cm³/mol. The van der Waals surface area contributed by atoms with Crippen LogP contribution in [0.4, 0.5) is 11.4 Å². The minimum Gasteiger partial charge on any atom is -0.398 e. The molecule has 0 aliphatic heterocycles. The van der Waals surface area contributed by atoms with Crippen LogP contribution < -0.4 is 11.1 Å². The molecule has 0 spiro atoms. The topological polar surface area (TPSA) is 50.9 Å². The molecule has 0 fully saturated rings. The van der Waals surface area contributed by atoms with Gasteiger partial charge in [0.15, 0.2) is 0 Å². The summed E-state index contributed by atoms with van der Waals surface area (Å²) in [6, 6.07) is 6.39. The Morgan fingerprint density at radius 2 is 2.00 bits per heavy atom. The van der Waals surface area contributed by atoms with Gasteiger partial charge in [0.25, 0.3) is 0 Å². The maximum absolute atomic E-state index is 5.99. The molecule has 2 atom stereocenters. The van der Waals surface area contributed by atoms with Crippen LogP contribution in [0, 0.1) is 5.92 Å². The maximum Gasteiger partial charge on any atom is 0.0439 e. The Kier molecular flexibility index (Phi) is 3.70. The maximum atomic E-state index is 5.99. The van der Waals surface area contributed by atoms with Gasteiger partial charge >= 0.3 is 0 Å². The first-order chi connectivity index (χ1) is 8.63. The fourth-order valence-corrected chi connectivity index (χ4v) is 2.08. The van der Waals surface area contributed by atoms with Gasteiger partial charge in [-0.1, -0.05) is 20.3 Å². The van der Waals surface area contributed by atoms with E-state index < -0.39 is 0 Å². The highest BCUT2D eigenvalue weighted by Crippen LogP contribution is 2.28. The highest BCUT2D eigenvalue weighted by Gasteiger charge is 2.11. The molecule has 3 nitrogen and oxygen atoms in total. The summed E-state index contributed by atoms with van der Waals surface area (Å²) in [6.07, 6.45) is 4.82. The van der Waals surface area contributed by atoms with Crippen molar-refractivity contribution in [2.45, 2.75) is 33.2 Å². The van der Waals surface area contributed by atoms with Crippen molar-refractivity contribution < 1.29 is 0 Å². The van der Waals surface area contributed by atoms with Crippen LogP contribution in [-0.2, 0) is 0 Å². The Hall–Kier alpha value is -1.77. The molecule has 2 aromatic rings. The van der Waals surface area contributed by atoms with E-state index in [1.165, 1.54) is 6.42 Å². The highest BCUT2D eigenvalue weighted by molar-refractivity contribution is 6.00. The van der Waals surface area contributed by atoms with Crippen LogP contribution >= 0.6 is 0 Å². The van der Waals surface area contributed by atoms with E-state index in [0.717, 1.165) is 22.1 Å². The molecule has 3 heteroatoms. The summed E-state index contributed by atoms with van der Waals surface area (Å²) in [4.78, 5) is 4.19. The minimum atomic E-state index is 0.432. The van der Waals surface area contributed by atoms with Crippen LogP contribution in [-0.4, -0.2) is 11.0 Å². The molecule has 0 amide bonds. The largest absolute Gasteiger partial charge is 0.398 e. The number of aromatic nitrogens is 1. The Balaban J connectivity index is 2.37. The lowest BCUT2D eigenvalue weighted by atomic mass is 10.00. The van der Waals surface area contributed by atoms with Gasteiger partial charge in [-0.15, -0.1) is 0 Å². The molecular formula is C15H21N3. The normalized spacial score (nSPS) is 14.4. The van der Waals surface area contributed by atoms with Gasteiger partial charge in [0, 0.05) is 40.6 Å². The summed E-state index contributed by atoms with van der Waals surface area (Å²) in [6.45, 7) is 6.69. The van der Waals surface area contributed by atoms with E-state index in [1.807, 2.05) is 24.4 Å². The van der Waals surface area contributed by atoms with Crippen molar-refractivity contribution in [2.24, 2.45) is 5.92 Å². The molecule has 0 aliphatic rings. The first-order valence-corrected chi connectivity index (χ1v) is 6.52. The number of nitrogens with one attached hydrogen (secondary N) is 1. The van der Waals surface area contributed by atoms with Crippen LogP contribution in [0.1, 0.15) is 27.2 Å². The van der Waals surface area contributed by atoms with Gasteiger partial charge in [0.1, 0.15) is 0 Å². The zero-order valence-corrected chi connectivity index (χ0v) is 11.3. The Labute approximate surface area is 108 Å². The average molecular weight is 243 g/mol. The van der Waals surface area contributed by atoms with E-state index in [2.05, 4.69) is 31.1 Å². The van der Waals surface area contributed by atoms with Crippen LogP contribution in [0.3, 0.4) is 0 Å². The first kappa shape index (κ1) is 12.7. The zero-order valence-electron chi connectivity index (χ0n) is 11.3. The average Bonchev–Trinajstić information content (AvgIpc) is 2.41. The molecule has 1 aromatic carbocycles. The third-order valence-electron chi connectivity index (χ3n) is 3.73. The molecule has 2 rings (SSSR count). The quantitative estimate of drug-likeness (QED) is 0.806. The van der Waals surface area contributed by atoms with Crippen LogP contribution in [0.25, 0.3) is 10.8 Å². The number of rotatable bonds is 4. The van der Waals surface area contributed by atoms with Gasteiger partial charge < -0.3 is 11.1 Å². The summed E-state index contributed by atoms with van der Waals surface area (Å²) >= 11 is 0. The smallest absolute Gasteiger partial charge is 0.0439 e. The van der Waals surface area contributed by atoms with E-state index in [4.69, 9.17) is 5.73 Å². The third-order valence-corrected chi connectivity index (χ3v) is 3.73. The van der Waals surface area contributed by atoms with Gasteiger partial charge in [-0.3, -0.25) is 4.98 Å². The molecule has 3 N–H and O–H groups in total. The zero-order chi connectivity index (χ0) is 13.1. The van der Waals surface area contributed by atoms with Crippen LogP contribution in [0.2, 0.25) is 0 Å². The molecule has 0 radical (unpaired) electrons.